The Morgan fingerprint density at radius 1 is 1.00 bits per heavy atom. The van der Waals surface area contributed by atoms with E-state index in [2.05, 4.69) is 9.71 Å². The predicted octanol–water partition coefficient (Wildman–Crippen LogP) is 3.94. The van der Waals surface area contributed by atoms with Gasteiger partial charge in [-0.15, -0.1) is 0 Å². The van der Waals surface area contributed by atoms with E-state index in [0.717, 1.165) is 12.1 Å². The second-order valence-electron chi connectivity index (χ2n) is 5.29. The first-order valence-electron chi connectivity index (χ1n) is 7.40. The molecular formula is C18H14ClFN2O2S. The van der Waals surface area contributed by atoms with E-state index in [4.69, 9.17) is 11.6 Å². The predicted molar refractivity (Wildman–Crippen MR) is 94.3 cm³/mol. The van der Waals surface area contributed by atoms with E-state index >= 15 is 0 Å². The van der Waals surface area contributed by atoms with E-state index in [1.54, 1.807) is 48.7 Å². The van der Waals surface area contributed by atoms with E-state index in [1.165, 1.54) is 6.07 Å². The lowest BCUT2D eigenvalue weighted by molar-refractivity contribution is 0.549. The molecule has 1 aromatic heterocycles. The standard InChI is InChI=1S/C18H14ClFN2O2S/c19-14-9-10-17(15(20)12-14)25(23,24)22-18(13-6-2-1-3-7-13)16-8-4-5-11-21-16/h1-12,18,22H. The molecule has 0 saturated carbocycles. The molecule has 1 N–H and O–H groups in total. The highest BCUT2D eigenvalue weighted by Crippen LogP contribution is 2.25. The molecule has 3 aromatic rings. The van der Waals surface area contributed by atoms with E-state index < -0.39 is 26.8 Å². The molecular weight excluding hydrogens is 363 g/mol. The largest absolute Gasteiger partial charge is 0.259 e. The number of nitrogens with zero attached hydrogens (tertiary/aromatic N) is 1. The summed E-state index contributed by atoms with van der Waals surface area (Å²) in [4.78, 5) is 3.76. The van der Waals surface area contributed by atoms with Crippen LogP contribution in [0, 0.1) is 5.82 Å². The molecule has 7 heteroatoms. The van der Waals surface area contributed by atoms with Crippen LogP contribution in [-0.4, -0.2) is 13.4 Å². The zero-order valence-corrected chi connectivity index (χ0v) is 14.5. The minimum atomic E-state index is -4.13. The van der Waals surface area contributed by atoms with Crippen molar-refractivity contribution in [2.75, 3.05) is 0 Å². The number of nitrogens with one attached hydrogen (secondary N) is 1. The molecule has 0 aliphatic rings. The summed E-state index contributed by atoms with van der Waals surface area (Å²) in [7, 11) is -4.13. The van der Waals surface area contributed by atoms with Crippen molar-refractivity contribution in [3.05, 3.63) is 95.0 Å². The van der Waals surface area contributed by atoms with E-state index in [0.29, 0.717) is 11.3 Å². The normalized spacial score (nSPS) is 12.7. The van der Waals surface area contributed by atoms with Gasteiger partial charge >= 0.3 is 0 Å². The SMILES string of the molecule is O=S(=O)(NC(c1ccccc1)c1ccccn1)c1ccc(Cl)cc1F. The number of aromatic nitrogens is 1. The molecule has 128 valence electrons. The lowest BCUT2D eigenvalue weighted by Crippen LogP contribution is -2.30. The van der Waals surface area contributed by atoms with Crippen LogP contribution in [0.5, 0.6) is 0 Å². The summed E-state index contributed by atoms with van der Waals surface area (Å²) >= 11 is 5.70. The van der Waals surface area contributed by atoms with Gasteiger partial charge < -0.3 is 0 Å². The Balaban J connectivity index is 2.03. The van der Waals surface area contributed by atoms with Crippen molar-refractivity contribution in [3.63, 3.8) is 0 Å². The maximum atomic E-state index is 14.1. The van der Waals surface area contributed by atoms with Gasteiger partial charge in [-0.2, -0.15) is 4.72 Å². The number of hydrogen-bond acceptors (Lipinski definition) is 3. The summed E-state index contributed by atoms with van der Waals surface area (Å²) in [5, 5.41) is 0.126. The van der Waals surface area contributed by atoms with Gasteiger partial charge in [0.1, 0.15) is 10.7 Å². The van der Waals surface area contributed by atoms with Gasteiger partial charge in [-0.1, -0.05) is 48.0 Å². The number of rotatable bonds is 5. The smallest absolute Gasteiger partial charge is 0.244 e. The summed E-state index contributed by atoms with van der Waals surface area (Å²) in [6, 6.07) is 16.9. The van der Waals surface area contributed by atoms with Crippen molar-refractivity contribution in [1.82, 2.24) is 9.71 Å². The topological polar surface area (TPSA) is 59.1 Å². The van der Waals surface area contributed by atoms with E-state index in [9.17, 15) is 12.8 Å². The van der Waals surface area contributed by atoms with Crippen LogP contribution >= 0.6 is 11.6 Å². The number of halogens is 2. The second-order valence-corrected chi connectivity index (χ2v) is 7.41. The molecule has 1 atom stereocenters. The van der Waals surface area contributed by atoms with Crippen LogP contribution in [0.1, 0.15) is 17.3 Å². The van der Waals surface area contributed by atoms with Crippen LogP contribution in [-0.2, 0) is 10.0 Å². The molecule has 0 spiro atoms. The molecule has 0 fully saturated rings. The van der Waals surface area contributed by atoms with Crippen LogP contribution in [0.15, 0.2) is 77.8 Å². The molecule has 25 heavy (non-hydrogen) atoms. The van der Waals surface area contributed by atoms with Crippen molar-refractivity contribution in [2.24, 2.45) is 0 Å². The quantitative estimate of drug-likeness (QED) is 0.733. The third kappa shape index (κ3) is 4.04. The number of sulfonamides is 1. The molecule has 2 aromatic carbocycles. The van der Waals surface area contributed by atoms with Crippen LogP contribution in [0.2, 0.25) is 5.02 Å². The fourth-order valence-electron chi connectivity index (χ4n) is 2.40. The lowest BCUT2D eigenvalue weighted by Gasteiger charge is -2.19. The van der Waals surface area contributed by atoms with E-state index in [1.807, 2.05) is 6.07 Å². The minimum absolute atomic E-state index is 0.126. The van der Waals surface area contributed by atoms with Gasteiger partial charge in [0.25, 0.3) is 0 Å². The van der Waals surface area contributed by atoms with Crippen molar-refractivity contribution in [3.8, 4) is 0 Å². The maximum Gasteiger partial charge on any atom is 0.244 e. The fourth-order valence-corrected chi connectivity index (χ4v) is 3.82. The second kappa shape index (κ2) is 7.31. The van der Waals surface area contributed by atoms with Gasteiger partial charge in [0.15, 0.2) is 0 Å². The van der Waals surface area contributed by atoms with Gasteiger partial charge in [-0.3, -0.25) is 4.98 Å². The fraction of sp³-hybridized carbons (Fsp3) is 0.0556. The van der Waals surface area contributed by atoms with Crippen LogP contribution < -0.4 is 4.72 Å². The minimum Gasteiger partial charge on any atom is -0.259 e. The number of hydrogen-bond donors (Lipinski definition) is 1. The van der Waals surface area contributed by atoms with Gasteiger partial charge in [0, 0.05) is 11.2 Å². The zero-order valence-electron chi connectivity index (χ0n) is 12.9. The molecule has 0 amide bonds. The summed E-state index contributed by atoms with van der Waals surface area (Å²) in [6.45, 7) is 0. The molecule has 4 nitrogen and oxygen atoms in total. The third-order valence-electron chi connectivity index (χ3n) is 3.57. The summed E-state index contributed by atoms with van der Waals surface area (Å²) < 4.78 is 42.0. The van der Waals surface area contributed by atoms with Crippen LogP contribution in [0.25, 0.3) is 0 Å². The number of benzene rings is 2. The lowest BCUT2D eigenvalue weighted by atomic mass is 10.0. The summed E-state index contributed by atoms with van der Waals surface area (Å²) in [5.41, 5.74) is 1.20. The Bertz CT molecular complexity index is 927. The first-order chi connectivity index (χ1) is 12.0. The zero-order chi connectivity index (χ0) is 17.9. The highest BCUT2D eigenvalue weighted by Gasteiger charge is 2.26. The molecule has 0 saturated heterocycles. The van der Waals surface area contributed by atoms with Crippen molar-refractivity contribution >= 4 is 21.6 Å². The van der Waals surface area contributed by atoms with E-state index in [-0.39, 0.29) is 5.02 Å². The average molecular weight is 377 g/mol. The van der Waals surface area contributed by atoms with Gasteiger partial charge in [0.2, 0.25) is 10.0 Å². The van der Waals surface area contributed by atoms with Crippen molar-refractivity contribution in [1.29, 1.82) is 0 Å². The molecule has 0 aliphatic heterocycles. The Morgan fingerprint density at radius 2 is 1.72 bits per heavy atom. The molecule has 1 unspecified atom stereocenters. The highest BCUT2D eigenvalue weighted by atomic mass is 35.5. The Labute approximate surface area is 150 Å². The Morgan fingerprint density at radius 3 is 2.36 bits per heavy atom. The molecule has 0 radical (unpaired) electrons. The first kappa shape index (κ1) is 17.5. The maximum absolute atomic E-state index is 14.1. The van der Waals surface area contributed by atoms with Crippen LogP contribution in [0.3, 0.4) is 0 Å². The van der Waals surface area contributed by atoms with Crippen LogP contribution in [0.4, 0.5) is 4.39 Å². The highest BCUT2D eigenvalue weighted by molar-refractivity contribution is 7.89. The summed E-state index contributed by atoms with van der Waals surface area (Å²) in [6.07, 6.45) is 1.57. The monoisotopic (exact) mass is 376 g/mol. The molecule has 0 aliphatic carbocycles. The first-order valence-corrected chi connectivity index (χ1v) is 9.27. The average Bonchev–Trinajstić information content (AvgIpc) is 2.61. The Hall–Kier alpha value is -2.28. The van der Waals surface area contributed by atoms with Gasteiger partial charge in [0.05, 0.1) is 11.7 Å². The van der Waals surface area contributed by atoms with Crippen molar-refractivity contribution < 1.29 is 12.8 Å². The third-order valence-corrected chi connectivity index (χ3v) is 5.26. The molecule has 1 heterocycles. The van der Waals surface area contributed by atoms with Crippen molar-refractivity contribution in [2.45, 2.75) is 10.9 Å². The molecule has 0 bridgehead atoms. The molecule has 3 rings (SSSR count). The summed E-state index contributed by atoms with van der Waals surface area (Å²) in [5.74, 6) is -0.909. The Kier molecular flexibility index (Phi) is 5.13. The van der Waals surface area contributed by atoms with Gasteiger partial charge in [-0.25, -0.2) is 12.8 Å². The van der Waals surface area contributed by atoms with Gasteiger partial charge in [-0.05, 0) is 35.9 Å². The number of pyridine rings is 1.